The summed E-state index contributed by atoms with van der Waals surface area (Å²) >= 11 is 0. The molecule has 1 atom stereocenters. The predicted molar refractivity (Wildman–Crippen MR) is 81.1 cm³/mol. The van der Waals surface area contributed by atoms with Gasteiger partial charge in [-0.15, -0.1) is 0 Å². The number of aromatic amines is 1. The quantitative estimate of drug-likeness (QED) is 0.854. The molecule has 2 rings (SSSR count). The van der Waals surface area contributed by atoms with Crippen LogP contribution in [-0.4, -0.2) is 41.0 Å². The van der Waals surface area contributed by atoms with Crippen molar-refractivity contribution in [1.29, 1.82) is 0 Å². The first-order valence-corrected chi connectivity index (χ1v) is 7.71. The van der Waals surface area contributed by atoms with E-state index < -0.39 is 0 Å². The Bertz CT molecular complexity index is 491. The summed E-state index contributed by atoms with van der Waals surface area (Å²) in [6, 6.07) is 0.237. The fourth-order valence-corrected chi connectivity index (χ4v) is 2.86. The lowest BCUT2D eigenvalue weighted by molar-refractivity contribution is 0.157. The van der Waals surface area contributed by atoms with E-state index in [4.69, 9.17) is 4.98 Å². The summed E-state index contributed by atoms with van der Waals surface area (Å²) in [7, 11) is 0. The molecule has 0 saturated carbocycles. The molecule has 1 aliphatic heterocycles. The van der Waals surface area contributed by atoms with Crippen LogP contribution in [0.25, 0.3) is 0 Å². The zero-order chi connectivity index (χ0) is 14.5. The van der Waals surface area contributed by atoms with E-state index >= 15 is 0 Å². The number of nitrogens with one attached hydrogen (secondary N) is 2. The Morgan fingerprint density at radius 3 is 2.60 bits per heavy atom. The molecule has 1 aromatic heterocycles. The predicted octanol–water partition coefficient (Wildman–Crippen LogP) is 1.39. The first-order chi connectivity index (χ1) is 9.67. The smallest absolute Gasteiger partial charge is 0.254 e. The molecule has 112 valence electrons. The fraction of sp³-hybridized carbons (Fsp3) is 0.733. The van der Waals surface area contributed by atoms with Crippen LogP contribution in [-0.2, 0) is 6.42 Å². The molecule has 1 aromatic rings. The molecule has 0 amide bonds. The van der Waals surface area contributed by atoms with Crippen molar-refractivity contribution in [2.75, 3.05) is 26.2 Å². The minimum Gasteiger partial charge on any atom is -0.314 e. The molecule has 1 fully saturated rings. The van der Waals surface area contributed by atoms with Gasteiger partial charge < -0.3 is 10.3 Å². The van der Waals surface area contributed by atoms with Crippen LogP contribution in [0.2, 0.25) is 0 Å². The standard InChI is InChI=1S/C15H26N4O/c1-4-6-13(19-9-7-16-8-10-19)14-17-12(5-2)11(3)15(20)18-14/h13,16H,4-10H2,1-3H3,(H,17,18,20). The number of H-pyrrole nitrogens is 1. The van der Waals surface area contributed by atoms with Gasteiger partial charge in [0.1, 0.15) is 5.82 Å². The average molecular weight is 278 g/mol. The van der Waals surface area contributed by atoms with Crippen molar-refractivity contribution in [3.63, 3.8) is 0 Å². The molecular weight excluding hydrogens is 252 g/mol. The lowest BCUT2D eigenvalue weighted by Crippen LogP contribution is -2.45. The second-order valence-electron chi connectivity index (χ2n) is 5.47. The number of nitrogens with zero attached hydrogens (tertiary/aromatic N) is 2. The molecule has 2 heterocycles. The van der Waals surface area contributed by atoms with Crippen molar-refractivity contribution in [3.8, 4) is 0 Å². The van der Waals surface area contributed by atoms with Gasteiger partial charge in [0, 0.05) is 31.7 Å². The third kappa shape index (κ3) is 3.27. The Labute approximate surface area is 120 Å². The van der Waals surface area contributed by atoms with Crippen LogP contribution in [0.1, 0.15) is 49.8 Å². The Morgan fingerprint density at radius 2 is 2.00 bits per heavy atom. The molecule has 20 heavy (non-hydrogen) atoms. The van der Waals surface area contributed by atoms with E-state index in [9.17, 15) is 4.79 Å². The van der Waals surface area contributed by atoms with Crippen molar-refractivity contribution in [1.82, 2.24) is 20.2 Å². The van der Waals surface area contributed by atoms with Crippen molar-refractivity contribution >= 4 is 0 Å². The number of hydrogen-bond acceptors (Lipinski definition) is 4. The molecule has 1 saturated heterocycles. The summed E-state index contributed by atoms with van der Waals surface area (Å²) in [6.45, 7) is 10.1. The van der Waals surface area contributed by atoms with Gasteiger partial charge in [0.15, 0.2) is 0 Å². The Hall–Kier alpha value is -1.20. The molecule has 1 aliphatic rings. The minimum atomic E-state index is 0.0167. The molecule has 2 N–H and O–H groups in total. The normalized spacial score (nSPS) is 18.1. The van der Waals surface area contributed by atoms with Crippen LogP contribution in [0, 0.1) is 6.92 Å². The van der Waals surface area contributed by atoms with Crippen LogP contribution < -0.4 is 10.9 Å². The van der Waals surface area contributed by atoms with Crippen LogP contribution in [0.15, 0.2) is 4.79 Å². The molecule has 0 bridgehead atoms. The van der Waals surface area contributed by atoms with Crippen LogP contribution >= 0.6 is 0 Å². The molecular formula is C15H26N4O. The highest BCUT2D eigenvalue weighted by atomic mass is 16.1. The molecule has 5 nitrogen and oxygen atoms in total. The molecule has 0 aliphatic carbocycles. The highest BCUT2D eigenvalue weighted by Crippen LogP contribution is 2.23. The Morgan fingerprint density at radius 1 is 1.30 bits per heavy atom. The van der Waals surface area contributed by atoms with E-state index in [1.165, 1.54) is 0 Å². The topological polar surface area (TPSA) is 61.0 Å². The fourth-order valence-electron chi connectivity index (χ4n) is 2.86. The second-order valence-corrected chi connectivity index (χ2v) is 5.47. The number of aryl methyl sites for hydroxylation is 1. The number of piperazine rings is 1. The van der Waals surface area contributed by atoms with E-state index in [2.05, 4.69) is 29.0 Å². The summed E-state index contributed by atoms with van der Waals surface area (Å²) in [5.74, 6) is 0.848. The molecule has 5 heteroatoms. The first-order valence-electron chi connectivity index (χ1n) is 7.71. The maximum atomic E-state index is 12.1. The minimum absolute atomic E-state index is 0.0167. The Kier molecular flexibility index (Phi) is 5.31. The van der Waals surface area contributed by atoms with Crippen molar-refractivity contribution in [2.45, 2.75) is 46.1 Å². The molecule has 1 unspecified atom stereocenters. The van der Waals surface area contributed by atoms with Gasteiger partial charge in [-0.1, -0.05) is 20.3 Å². The van der Waals surface area contributed by atoms with Gasteiger partial charge in [0.25, 0.3) is 5.56 Å². The van der Waals surface area contributed by atoms with Crippen molar-refractivity contribution < 1.29 is 0 Å². The summed E-state index contributed by atoms with van der Waals surface area (Å²) in [4.78, 5) is 22.3. The summed E-state index contributed by atoms with van der Waals surface area (Å²) in [6.07, 6.45) is 2.94. The largest absolute Gasteiger partial charge is 0.314 e. The van der Waals surface area contributed by atoms with E-state index in [1.54, 1.807) is 0 Å². The van der Waals surface area contributed by atoms with Gasteiger partial charge in [-0.05, 0) is 19.8 Å². The van der Waals surface area contributed by atoms with E-state index in [0.29, 0.717) is 0 Å². The van der Waals surface area contributed by atoms with E-state index in [0.717, 1.165) is 62.5 Å². The van der Waals surface area contributed by atoms with Gasteiger partial charge in [-0.3, -0.25) is 9.69 Å². The maximum Gasteiger partial charge on any atom is 0.254 e. The second kappa shape index (κ2) is 6.99. The first kappa shape index (κ1) is 15.2. The highest BCUT2D eigenvalue weighted by Gasteiger charge is 2.24. The van der Waals surface area contributed by atoms with Gasteiger partial charge in [0.2, 0.25) is 0 Å². The van der Waals surface area contributed by atoms with E-state index in [1.807, 2.05) is 6.92 Å². The van der Waals surface area contributed by atoms with Crippen molar-refractivity contribution in [3.05, 3.63) is 27.4 Å². The monoisotopic (exact) mass is 278 g/mol. The molecule has 0 radical (unpaired) electrons. The third-order valence-corrected chi connectivity index (χ3v) is 4.08. The lowest BCUT2D eigenvalue weighted by atomic mass is 10.1. The van der Waals surface area contributed by atoms with Crippen LogP contribution in [0.3, 0.4) is 0 Å². The third-order valence-electron chi connectivity index (χ3n) is 4.08. The summed E-state index contributed by atoms with van der Waals surface area (Å²) < 4.78 is 0. The molecule has 0 spiro atoms. The summed E-state index contributed by atoms with van der Waals surface area (Å²) in [5, 5.41) is 3.37. The Balaban J connectivity index is 2.33. The highest BCUT2D eigenvalue weighted by molar-refractivity contribution is 5.17. The zero-order valence-corrected chi connectivity index (χ0v) is 12.8. The zero-order valence-electron chi connectivity index (χ0n) is 12.8. The van der Waals surface area contributed by atoms with E-state index in [-0.39, 0.29) is 11.6 Å². The van der Waals surface area contributed by atoms with Crippen LogP contribution in [0.4, 0.5) is 0 Å². The van der Waals surface area contributed by atoms with Crippen LogP contribution in [0.5, 0.6) is 0 Å². The maximum absolute atomic E-state index is 12.1. The molecule has 0 aromatic carbocycles. The number of hydrogen-bond donors (Lipinski definition) is 2. The number of rotatable bonds is 5. The van der Waals surface area contributed by atoms with Gasteiger partial charge >= 0.3 is 0 Å². The number of aromatic nitrogens is 2. The average Bonchev–Trinajstić information content (AvgIpc) is 2.48. The van der Waals surface area contributed by atoms with Gasteiger partial charge in [0.05, 0.1) is 11.7 Å². The SMILES string of the molecule is CCCC(c1nc(CC)c(C)c(=O)[nH]1)N1CCNCC1. The summed E-state index contributed by atoms with van der Waals surface area (Å²) in [5.41, 5.74) is 1.70. The van der Waals surface area contributed by atoms with Crippen molar-refractivity contribution in [2.24, 2.45) is 0 Å². The van der Waals surface area contributed by atoms with Gasteiger partial charge in [-0.25, -0.2) is 4.98 Å². The van der Waals surface area contributed by atoms with Gasteiger partial charge in [-0.2, -0.15) is 0 Å². The lowest BCUT2D eigenvalue weighted by Gasteiger charge is -2.34.